The maximum Gasteiger partial charge on any atom is 0.262 e. The molecule has 0 saturated heterocycles. The van der Waals surface area contributed by atoms with Gasteiger partial charge in [0.25, 0.3) is 11.8 Å². The van der Waals surface area contributed by atoms with Crippen molar-refractivity contribution in [2.24, 2.45) is 0 Å². The second-order valence-corrected chi connectivity index (χ2v) is 6.90. The van der Waals surface area contributed by atoms with Gasteiger partial charge >= 0.3 is 0 Å². The van der Waals surface area contributed by atoms with Crippen LogP contribution in [0.4, 0.5) is 5.69 Å². The van der Waals surface area contributed by atoms with Gasteiger partial charge in [-0.2, -0.15) is 0 Å². The summed E-state index contributed by atoms with van der Waals surface area (Å²) in [5.41, 5.74) is 1.61. The summed E-state index contributed by atoms with van der Waals surface area (Å²) in [6, 6.07) is 19.3. The Morgan fingerprint density at radius 3 is 2.53 bits per heavy atom. The Labute approximate surface area is 185 Å². The van der Waals surface area contributed by atoms with E-state index in [4.69, 9.17) is 18.9 Å². The molecule has 1 heterocycles. The van der Waals surface area contributed by atoms with Crippen molar-refractivity contribution >= 4 is 17.5 Å². The van der Waals surface area contributed by atoms with Crippen LogP contribution in [0.2, 0.25) is 0 Å². The lowest BCUT2D eigenvalue weighted by Gasteiger charge is -2.13. The molecule has 3 aromatic rings. The first-order chi connectivity index (χ1) is 15.6. The lowest BCUT2D eigenvalue weighted by molar-refractivity contribution is -0.118. The summed E-state index contributed by atoms with van der Waals surface area (Å²) >= 11 is 0. The Hall–Kier alpha value is -4.20. The molecule has 8 nitrogen and oxygen atoms in total. The molecule has 2 amide bonds. The normalized spacial score (nSPS) is 11.5. The van der Waals surface area contributed by atoms with Gasteiger partial charge in [0.15, 0.2) is 29.6 Å². The molecular weight excluding hydrogens is 412 g/mol. The van der Waals surface area contributed by atoms with Crippen LogP contribution in [0.25, 0.3) is 0 Å². The lowest BCUT2D eigenvalue weighted by Crippen LogP contribution is -2.26. The highest BCUT2D eigenvalue weighted by atomic mass is 16.7. The van der Waals surface area contributed by atoms with E-state index in [1.165, 1.54) is 7.11 Å². The number of rotatable bonds is 8. The molecule has 164 valence electrons. The van der Waals surface area contributed by atoms with Crippen LogP contribution in [0.3, 0.4) is 0 Å². The van der Waals surface area contributed by atoms with Crippen molar-refractivity contribution in [2.45, 2.75) is 6.54 Å². The summed E-state index contributed by atoms with van der Waals surface area (Å²) in [6.07, 6.45) is 0. The van der Waals surface area contributed by atoms with E-state index < -0.39 is 5.91 Å². The molecule has 0 aliphatic carbocycles. The third-order valence-electron chi connectivity index (χ3n) is 4.76. The number of hydrogen-bond donors (Lipinski definition) is 2. The molecule has 0 saturated carbocycles. The number of anilines is 1. The monoisotopic (exact) mass is 434 g/mol. The van der Waals surface area contributed by atoms with Crippen LogP contribution >= 0.6 is 0 Å². The fraction of sp³-hybridized carbons (Fsp3) is 0.167. The third-order valence-corrected chi connectivity index (χ3v) is 4.76. The highest BCUT2D eigenvalue weighted by molar-refractivity contribution is 6.04. The fourth-order valence-corrected chi connectivity index (χ4v) is 3.19. The minimum atomic E-state index is -0.396. The third kappa shape index (κ3) is 4.92. The van der Waals surface area contributed by atoms with Crippen molar-refractivity contribution in [1.82, 2.24) is 5.32 Å². The molecule has 1 aliphatic heterocycles. The summed E-state index contributed by atoms with van der Waals surface area (Å²) in [6.45, 7) is 0.265. The van der Waals surface area contributed by atoms with Crippen LogP contribution in [-0.2, 0) is 11.3 Å². The predicted octanol–water partition coefficient (Wildman–Crippen LogP) is 3.37. The van der Waals surface area contributed by atoms with Gasteiger partial charge in [-0.05, 0) is 42.0 Å². The molecule has 32 heavy (non-hydrogen) atoms. The second kappa shape index (κ2) is 9.74. The number of ether oxygens (including phenoxy) is 4. The number of carbonyl (C=O) groups excluding carboxylic acids is 2. The van der Waals surface area contributed by atoms with Gasteiger partial charge < -0.3 is 29.6 Å². The number of hydrogen-bond acceptors (Lipinski definition) is 6. The molecule has 0 spiro atoms. The molecule has 8 heteroatoms. The van der Waals surface area contributed by atoms with E-state index in [0.717, 1.165) is 5.56 Å². The molecule has 0 aromatic heterocycles. The first-order valence-corrected chi connectivity index (χ1v) is 9.95. The molecule has 3 aromatic carbocycles. The Bertz CT molecular complexity index is 1130. The minimum Gasteiger partial charge on any atom is -0.493 e. The first-order valence-electron chi connectivity index (χ1n) is 9.95. The molecule has 1 aliphatic rings. The van der Waals surface area contributed by atoms with Crippen molar-refractivity contribution < 1.29 is 28.5 Å². The minimum absolute atomic E-state index is 0.193. The Morgan fingerprint density at radius 1 is 0.938 bits per heavy atom. The molecule has 0 radical (unpaired) electrons. The number of fused-ring (bicyclic) bond motifs is 1. The standard InChI is InChI=1S/C24H22N2O6/c1-29-19-8-4-5-9-20(19)30-14-23(27)26-18-7-3-2-6-17(18)24(28)25-13-16-10-11-21-22(12-16)32-15-31-21/h2-12H,13-15H2,1H3,(H,25,28)(H,26,27). The summed E-state index contributed by atoms with van der Waals surface area (Å²) in [4.78, 5) is 25.2. The van der Waals surface area contributed by atoms with Crippen LogP contribution in [0.5, 0.6) is 23.0 Å². The molecule has 0 bridgehead atoms. The largest absolute Gasteiger partial charge is 0.493 e. The van der Waals surface area contributed by atoms with Gasteiger partial charge in [0.2, 0.25) is 6.79 Å². The van der Waals surface area contributed by atoms with Gasteiger partial charge in [0.1, 0.15) is 0 Å². The zero-order valence-corrected chi connectivity index (χ0v) is 17.4. The highest BCUT2D eigenvalue weighted by Gasteiger charge is 2.16. The van der Waals surface area contributed by atoms with E-state index in [1.54, 1.807) is 48.5 Å². The summed E-state index contributed by atoms with van der Waals surface area (Å²) in [7, 11) is 1.53. The molecule has 0 unspecified atom stereocenters. The van der Waals surface area contributed by atoms with Crippen LogP contribution in [0, 0.1) is 0 Å². The maximum absolute atomic E-state index is 12.8. The molecular formula is C24H22N2O6. The average molecular weight is 434 g/mol. The van der Waals surface area contributed by atoms with E-state index in [2.05, 4.69) is 10.6 Å². The number of carbonyl (C=O) groups is 2. The van der Waals surface area contributed by atoms with Crippen LogP contribution in [0.15, 0.2) is 66.7 Å². The second-order valence-electron chi connectivity index (χ2n) is 6.90. The predicted molar refractivity (Wildman–Crippen MR) is 117 cm³/mol. The Kier molecular flexibility index (Phi) is 6.41. The van der Waals surface area contributed by atoms with Crippen molar-refractivity contribution in [2.75, 3.05) is 25.8 Å². The van der Waals surface area contributed by atoms with Crippen LogP contribution < -0.4 is 29.6 Å². The Balaban J connectivity index is 1.36. The molecule has 4 rings (SSSR count). The highest BCUT2D eigenvalue weighted by Crippen LogP contribution is 2.32. The number of methoxy groups -OCH3 is 1. The fourth-order valence-electron chi connectivity index (χ4n) is 3.19. The first kappa shape index (κ1) is 21.0. The molecule has 2 N–H and O–H groups in total. The van der Waals surface area contributed by atoms with Crippen molar-refractivity contribution in [3.05, 3.63) is 77.9 Å². The van der Waals surface area contributed by atoms with Gasteiger partial charge in [-0.1, -0.05) is 30.3 Å². The maximum atomic E-state index is 12.8. The van der Waals surface area contributed by atoms with Crippen molar-refractivity contribution in [3.8, 4) is 23.0 Å². The quantitative estimate of drug-likeness (QED) is 0.565. The van der Waals surface area contributed by atoms with Gasteiger partial charge in [0, 0.05) is 6.54 Å². The average Bonchev–Trinajstić information content (AvgIpc) is 3.29. The van der Waals surface area contributed by atoms with E-state index in [-0.39, 0.29) is 19.3 Å². The Morgan fingerprint density at radius 2 is 1.69 bits per heavy atom. The van der Waals surface area contributed by atoms with E-state index >= 15 is 0 Å². The number of nitrogens with one attached hydrogen (secondary N) is 2. The van der Waals surface area contributed by atoms with Gasteiger partial charge in [-0.3, -0.25) is 9.59 Å². The van der Waals surface area contributed by atoms with E-state index in [1.807, 2.05) is 18.2 Å². The zero-order valence-electron chi connectivity index (χ0n) is 17.4. The molecule has 0 atom stereocenters. The number of benzene rings is 3. The van der Waals surface area contributed by atoms with Crippen molar-refractivity contribution in [1.29, 1.82) is 0 Å². The van der Waals surface area contributed by atoms with Gasteiger partial charge in [-0.25, -0.2) is 0 Å². The van der Waals surface area contributed by atoms with Crippen LogP contribution in [0.1, 0.15) is 15.9 Å². The molecule has 0 fully saturated rings. The zero-order chi connectivity index (χ0) is 22.3. The number of para-hydroxylation sites is 3. The smallest absolute Gasteiger partial charge is 0.262 e. The summed E-state index contributed by atoms with van der Waals surface area (Å²) in [5.74, 6) is 1.61. The number of amides is 2. The van der Waals surface area contributed by atoms with Gasteiger partial charge in [0.05, 0.1) is 18.4 Å². The SMILES string of the molecule is COc1ccccc1OCC(=O)Nc1ccccc1C(=O)NCc1ccc2c(c1)OCO2. The summed E-state index contributed by atoms with van der Waals surface area (Å²) < 4.78 is 21.4. The summed E-state index contributed by atoms with van der Waals surface area (Å²) in [5, 5.41) is 5.59. The lowest BCUT2D eigenvalue weighted by atomic mass is 10.1. The van der Waals surface area contributed by atoms with Crippen LogP contribution in [-0.4, -0.2) is 32.3 Å². The van der Waals surface area contributed by atoms with E-state index in [9.17, 15) is 9.59 Å². The topological polar surface area (TPSA) is 95.1 Å². The van der Waals surface area contributed by atoms with E-state index in [0.29, 0.717) is 40.8 Å². The van der Waals surface area contributed by atoms with Gasteiger partial charge in [-0.15, -0.1) is 0 Å². The van der Waals surface area contributed by atoms with Crippen molar-refractivity contribution in [3.63, 3.8) is 0 Å².